The van der Waals surface area contributed by atoms with Crippen LogP contribution in [0.3, 0.4) is 0 Å². The van der Waals surface area contributed by atoms with Crippen LogP contribution in [0.2, 0.25) is 0 Å². The summed E-state index contributed by atoms with van der Waals surface area (Å²) >= 11 is 4.77. The van der Waals surface area contributed by atoms with E-state index in [0.717, 1.165) is 0 Å². The number of hydrogen-bond donors (Lipinski definition) is 2. The minimum absolute atomic E-state index is 0.126. The average molecular weight is 230 g/mol. The van der Waals surface area contributed by atoms with Crippen LogP contribution in [0.1, 0.15) is 0 Å². The molecule has 2 rings (SSSR count). The molecule has 0 amide bonds. The molecule has 0 aromatic carbocycles. The van der Waals surface area contributed by atoms with Gasteiger partial charge in [-0.25, -0.2) is 4.99 Å². The summed E-state index contributed by atoms with van der Waals surface area (Å²) < 4.78 is 30.8. The molecule has 0 aromatic heterocycles. The maximum absolute atomic E-state index is 11.0. The van der Waals surface area contributed by atoms with Gasteiger partial charge in [-0.1, -0.05) is 6.08 Å². The molecule has 0 bridgehead atoms. The van der Waals surface area contributed by atoms with Gasteiger partial charge in [-0.3, -0.25) is 4.55 Å². The molecule has 0 radical (unpaired) electrons. The molecule has 0 aromatic rings. The third-order valence-corrected chi connectivity index (χ3v) is 3.08. The van der Waals surface area contributed by atoms with Gasteiger partial charge < -0.3 is 5.32 Å². The van der Waals surface area contributed by atoms with Crippen molar-refractivity contribution in [1.82, 2.24) is 5.32 Å². The van der Waals surface area contributed by atoms with Crippen LogP contribution in [0.4, 0.5) is 0 Å². The molecule has 1 atom stereocenters. The summed E-state index contributed by atoms with van der Waals surface area (Å²) in [4.78, 5) is 3.78. The number of fused-ring (bicyclic) bond motifs is 1. The van der Waals surface area contributed by atoms with Crippen LogP contribution in [0.25, 0.3) is 0 Å². The van der Waals surface area contributed by atoms with E-state index in [1.165, 1.54) is 12.2 Å². The SMILES string of the molecule is O=S(=O)(O)C1=CC=CC2=NC(=S)NC12. The van der Waals surface area contributed by atoms with Crippen molar-refractivity contribution in [3.05, 3.63) is 23.1 Å². The number of aliphatic imine (C=N–C) groups is 1. The first-order chi connectivity index (χ1) is 6.48. The second-order valence-corrected chi connectivity index (χ2v) is 4.63. The lowest BCUT2D eigenvalue weighted by atomic mass is 10.1. The Hall–Kier alpha value is -1.05. The summed E-state index contributed by atoms with van der Waals surface area (Å²) in [6.45, 7) is 0. The van der Waals surface area contributed by atoms with E-state index in [0.29, 0.717) is 5.71 Å². The molecule has 1 unspecified atom stereocenters. The smallest absolute Gasteiger partial charge is 0.293 e. The molecule has 1 aliphatic heterocycles. The molecule has 14 heavy (non-hydrogen) atoms. The van der Waals surface area contributed by atoms with Gasteiger partial charge in [-0.05, 0) is 24.4 Å². The van der Waals surface area contributed by atoms with Crippen molar-refractivity contribution < 1.29 is 13.0 Å². The fourth-order valence-electron chi connectivity index (χ4n) is 1.33. The van der Waals surface area contributed by atoms with E-state index in [4.69, 9.17) is 16.8 Å². The van der Waals surface area contributed by atoms with Gasteiger partial charge in [0.25, 0.3) is 10.1 Å². The van der Waals surface area contributed by atoms with E-state index < -0.39 is 16.2 Å². The normalized spacial score (nSPS) is 25.2. The molecular formula is C7H6N2O3S2. The van der Waals surface area contributed by atoms with E-state index in [1.54, 1.807) is 6.08 Å². The van der Waals surface area contributed by atoms with Crippen LogP contribution in [0.5, 0.6) is 0 Å². The van der Waals surface area contributed by atoms with Crippen molar-refractivity contribution in [2.24, 2.45) is 4.99 Å². The number of thiocarbonyl (C=S) groups is 1. The Bertz CT molecular complexity index is 487. The fourth-order valence-corrected chi connectivity index (χ4v) is 2.29. The molecule has 1 heterocycles. The number of rotatable bonds is 1. The summed E-state index contributed by atoms with van der Waals surface area (Å²) in [6, 6.07) is -0.637. The van der Waals surface area contributed by atoms with Gasteiger partial charge in [0.2, 0.25) is 0 Å². The van der Waals surface area contributed by atoms with Crippen LogP contribution >= 0.6 is 12.2 Å². The first kappa shape index (κ1) is 9.50. The quantitative estimate of drug-likeness (QED) is 0.490. The van der Waals surface area contributed by atoms with Gasteiger partial charge in [-0.2, -0.15) is 8.42 Å². The van der Waals surface area contributed by atoms with Crippen LogP contribution in [0, 0.1) is 0 Å². The lowest BCUT2D eigenvalue weighted by Crippen LogP contribution is -2.36. The van der Waals surface area contributed by atoms with Crippen LogP contribution < -0.4 is 5.32 Å². The average Bonchev–Trinajstić information content (AvgIpc) is 2.41. The topological polar surface area (TPSA) is 78.8 Å². The first-order valence-corrected chi connectivity index (χ1v) is 5.58. The Kier molecular flexibility index (Phi) is 2.02. The lowest BCUT2D eigenvalue weighted by molar-refractivity contribution is 0.488. The third-order valence-electron chi connectivity index (χ3n) is 1.90. The van der Waals surface area contributed by atoms with Gasteiger partial charge >= 0.3 is 0 Å². The van der Waals surface area contributed by atoms with E-state index in [1.807, 2.05) is 0 Å². The Morgan fingerprint density at radius 1 is 1.57 bits per heavy atom. The van der Waals surface area contributed by atoms with Gasteiger partial charge in [0.1, 0.15) is 6.04 Å². The molecule has 74 valence electrons. The highest BCUT2D eigenvalue weighted by molar-refractivity contribution is 7.90. The highest BCUT2D eigenvalue weighted by Gasteiger charge is 2.33. The molecule has 5 nitrogen and oxygen atoms in total. The molecule has 0 spiro atoms. The molecule has 1 aliphatic carbocycles. The molecule has 2 aliphatic rings. The zero-order valence-corrected chi connectivity index (χ0v) is 8.47. The monoisotopic (exact) mass is 230 g/mol. The van der Waals surface area contributed by atoms with Gasteiger partial charge in [-0.15, -0.1) is 0 Å². The van der Waals surface area contributed by atoms with Gasteiger partial charge in [0.15, 0.2) is 5.11 Å². The van der Waals surface area contributed by atoms with Crippen molar-refractivity contribution in [2.75, 3.05) is 0 Å². The summed E-state index contributed by atoms with van der Waals surface area (Å²) in [6.07, 6.45) is 4.47. The van der Waals surface area contributed by atoms with E-state index in [2.05, 4.69) is 10.3 Å². The predicted molar refractivity (Wildman–Crippen MR) is 55.7 cm³/mol. The predicted octanol–water partition coefficient (Wildman–Crippen LogP) is 0.0256. The highest BCUT2D eigenvalue weighted by Crippen LogP contribution is 2.20. The summed E-state index contributed by atoms with van der Waals surface area (Å²) in [5.41, 5.74) is 0.505. The third kappa shape index (κ3) is 1.49. The van der Waals surface area contributed by atoms with Crippen LogP contribution in [0.15, 0.2) is 28.1 Å². The minimum atomic E-state index is -4.20. The van der Waals surface area contributed by atoms with Crippen molar-refractivity contribution in [2.45, 2.75) is 6.04 Å². The summed E-state index contributed by atoms with van der Waals surface area (Å²) in [5.74, 6) is 0. The zero-order valence-electron chi connectivity index (χ0n) is 6.84. The largest absolute Gasteiger partial charge is 0.348 e. The highest BCUT2D eigenvalue weighted by atomic mass is 32.2. The zero-order chi connectivity index (χ0) is 10.3. The van der Waals surface area contributed by atoms with E-state index >= 15 is 0 Å². The van der Waals surface area contributed by atoms with Crippen molar-refractivity contribution in [1.29, 1.82) is 0 Å². The Labute approximate surface area is 86.0 Å². The summed E-state index contributed by atoms with van der Waals surface area (Å²) in [7, 11) is -4.20. The number of nitrogens with zero attached hydrogens (tertiary/aromatic N) is 1. The molecule has 0 saturated carbocycles. The van der Waals surface area contributed by atoms with Crippen molar-refractivity contribution in [3.8, 4) is 0 Å². The molecular weight excluding hydrogens is 224 g/mol. The van der Waals surface area contributed by atoms with Crippen molar-refractivity contribution in [3.63, 3.8) is 0 Å². The maximum atomic E-state index is 11.0. The van der Waals surface area contributed by atoms with E-state index in [-0.39, 0.29) is 10.0 Å². The standard InChI is InChI=1S/C7H6N2O3S2/c10-14(11,12)5-3-1-2-4-6(5)9-7(13)8-4/h1-3,6H,(H,9,13)(H,10,11,12). The number of allylic oxidation sites excluding steroid dienone is 2. The Balaban J connectivity index is 2.49. The first-order valence-electron chi connectivity index (χ1n) is 3.73. The number of nitrogens with one attached hydrogen (secondary N) is 1. The van der Waals surface area contributed by atoms with Crippen molar-refractivity contribution >= 4 is 33.2 Å². The molecule has 2 N–H and O–H groups in total. The Morgan fingerprint density at radius 3 is 2.93 bits per heavy atom. The number of hydrogen-bond acceptors (Lipinski definition) is 3. The lowest BCUT2D eigenvalue weighted by Gasteiger charge is -2.15. The molecule has 0 fully saturated rings. The second kappa shape index (κ2) is 2.97. The van der Waals surface area contributed by atoms with Crippen LogP contribution in [-0.2, 0) is 10.1 Å². The molecule has 0 saturated heterocycles. The maximum Gasteiger partial charge on any atom is 0.293 e. The molecule has 7 heteroatoms. The van der Waals surface area contributed by atoms with Crippen LogP contribution in [-0.4, -0.2) is 29.8 Å². The summed E-state index contributed by atoms with van der Waals surface area (Å²) in [5, 5.41) is 2.91. The fraction of sp³-hybridized carbons (Fsp3) is 0.143. The second-order valence-electron chi connectivity index (χ2n) is 2.82. The Morgan fingerprint density at radius 2 is 2.29 bits per heavy atom. The van der Waals surface area contributed by atoms with Gasteiger partial charge in [0.05, 0.1) is 10.6 Å². The van der Waals surface area contributed by atoms with Gasteiger partial charge in [0, 0.05) is 0 Å². The minimum Gasteiger partial charge on any atom is -0.348 e. The van der Waals surface area contributed by atoms with E-state index in [9.17, 15) is 8.42 Å².